The first-order valence-electron chi connectivity index (χ1n) is 9.15. The summed E-state index contributed by atoms with van der Waals surface area (Å²) in [5.74, 6) is -3.67. The molecule has 0 amide bonds. The summed E-state index contributed by atoms with van der Waals surface area (Å²) in [6.45, 7) is 1.64. The molecule has 0 spiro atoms. The van der Waals surface area contributed by atoms with Crippen LogP contribution < -0.4 is 0 Å². The summed E-state index contributed by atoms with van der Waals surface area (Å²) in [7, 11) is 4.40. The van der Waals surface area contributed by atoms with Crippen molar-refractivity contribution in [3.8, 4) is 0 Å². The lowest BCUT2D eigenvalue weighted by Gasteiger charge is -2.15. The van der Waals surface area contributed by atoms with Crippen molar-refractivity contribution in [1.82, 2.24) is 4.57 Å². The zero-order valence-electron chi connectivity index (χ0n) is 18.0. The number of ether oxygens (including phenoxy) is 5. The van der Waals surface area contributed by atoms with Crippen molar-refractivity contribution in [2.24, 2.45) is 0 Å². The van der Waals surface area contributed by atoms with E-state index >= 15 is 0 Å². The maximum atomic E-state index is 12.5. The van der Waals surface area contributed by atoms with Gasteiger partial charge in [-0.3, -0.25) is 4.57 Å². The van der Waals surface area contributed by atoms with Gasteiger partial charge in [-0.15, -0.1) is 0 Å². The molecule has 0 bridgehead atoms. The van der Waals surface area contributed by atoms with Gasteiger partial charge < -0.3 is 23.7 Å². The van der Waals surface area contributed by atoms with Gasteiger partial charge in [-0.2, -0.15) is 0 Å². The molecular weight excluding hydrogens is 426 g/mol. The average Bonchev–Trinajstić information content (AvgIpc) is 3.25. The van der Waals surface area contributed by atoms with Gasteiger partial charge in [-0.1, -0.05) is 0 Å². The molecule has 1 aromatic carbocycles. The van der Waals surface area contributed by atoms with E-state index in [2.05, 4.69) is 4.74 Å². The highest BCUT2D eigenvalue weighted by Gasteiger charge is 2.30. The van der Waals surface area contributed by atoms with Crippen LogP contribution in [0.3, 0.4) is 0 Å². The Kier molecular flexibility index (Phi) is 7.72. The minimum atomic E-state index is -0.963. The topological polar surface area (TPSA) is 136 Å². The fourth-order valence-electron chi connectivity index (χ4n) is 3.02. The summed E-state index contributed by atoms with van der Waals surface area (Å²) in [6.07, 6.45) is 1.29. The number of nitrogens with zero attached hydrogens (tertiary/aromatic N) is 1. The lowest BCUT2D eigenvalue weighted by atomic mass is 9.94. The van der Waals surface area contributed by atoms with Crippen molar-refractivity contribution < 1.29 is 47.7 Å². The maximum Gasteiger partial charge on any atom is 0.418 e. The van der Waals surface area contributed by atoms with Gasteiger partial charge in [0, 0.05) is 23.2 Å². The minimum Gasteiger partial charge on any atom is -0.466 e. The third-order valence-corrected chi connectivity index (χ3v) is 4.39. The van der Waals surface area contributed by atoms with Crippen LogP contribution in [0.2, 0.25) is 0 Å². The Morgan fingerprint density at radius 2 is 1.56 bits per heavy atom. The molecule has 0 unspecified atom stereocenters. The number of aromatic nitrogens is 1. The maximum absolute atomic E-state index is 12.5. The van der Waals surface area contributed by atoms with Crippen molar-refractivity contribution in [3.05, 3.63) is 41.1 Å². The lowest BCUT2D eigenvalue weighted by molar-refractivity contribution is -0.136. The number of fused-ring (bicyclic) bond motifs is 1. The highest BCUT2D eigenvalue weighted by Crippen LogP contribution is 2.33. The standard InChI is InChI=1S/C21H21NO10/c1-6-32-21(27)22-8-7-11-16(20(26)31-5)14(19(25)30-4)9-12(17(11)22)13(18(24)29-3)10-15(23)28-2/h7-10H,6H2,1-5H3. The summed E-state index contributed by atoms with van der Waals surface area (Å²) in [5, 5.41) is 0.0717. The molecule has 11 heteroatoms. The molecule has 0 radical (unpaired) electrons. The molecule has 0 aliphatic carbocycles. The van der Waals surface area contributed by atoms with Gasteiger partial charge in [0.2, 0.25) is 0 Å². The Morgan fingerprint density at radius 3 is 2.09 bits per heavy atom. The first kappa shape index (κ1) is 24.1. The highest BCUT2D eigenvalue weighted by molar-refractivity contribution is 6.26. The molecule has 1 heterocycles. The van der Waals surface area contributed by atoms with E-state index in [0.717, 1.165) is 45.1 Å². The predicted molar refractivity (Wildman–Crippen MR) is 109 cm³/mol. The number of methoxy groups -OCH3 is 4. The number of esters is 4. The van der Waals surface area contributed by atoms with Crippen LogP contribution in [0.15, 0.2) is 24.4 Å². The first-order chi connectivity index (χ1) is 15.2. The number of hydrogen-bond acceptors (Lipinski definition) is 10. The van der Waals surface area contributed by atoms with Crippen molar-refractivity contribution in [3.63, 3.8) is 0 Å². The fraction of sp³-hybridized carbons (Fsp3) is 0.286. The van der Waals surface area contributed by atoms with E-state index < -0.39 is 30.0 Å². The smallest absolute Gasteiger partial charge is 0.418 e. The van der Waals surface area contributed by atoms with Gasteiger partial charge in [0.15, 0.2) is 0 Å². The molecular formula is C21H21NO10. The predicted octanol–water partition coefficient (Wildman–Crippen LogP) is 1.95. The summed E-state index contributed by atoms with van der Waals surface area (Å²) < 4.78 is 25.0. The monoisotopic (exact) mass is 447 g/mol. The third-order valence-electron chi connectivity index (χ3n) is 4.39. The summed E-state index contributed by atoms with van der Waals surface area (Å²) in [4.78, 5) is 62.0. The van der Waals surface area contributed by atoms with E-state index in [-0.39, 0.29) is 39.8 Å². The van der Waals surface area contributed by atoms with Crippen LogP contribution in [0.5, 0.6) is 0 Å². The van der Waals surface area contributed by atoms with Crippen LogP contribution in [0, 0.1) is 0 Å². The molecule has 2 aromatic rings. The molecule has 0 aliphatic heterocycles. The molecule has 2 rings (SSSR count). The summed E-state index contributed by atoms with van der Waals surface area (Å²) >= 11 is 0. The van der Waals surface area contributed by atoms with Gasteiger partial charge >= 0.3 is 30.0 Å². The largest absolute Gasteiger partial charge is 0.466 e. The second-order valence-corrected chi connectivity index (χ2v) is 6.05. The van der Waals surface area contributed by atoms with Crippen LogP contribution in [0.4, 0.5) is 4.79 Å². The van der Waals surface area contributed by atoms with E-state index in [9.17, 15) is 24.0 Å². The normalized spacial score (nSPS) is 11.0. The molecule has 0 atom stereocenters. The Morgan fingerprint density at radius 1 is 0.906 bits per heavy atom. The highest BCUT2D eigenvalue weighted by atomic mass is 16.6. The van der Waals surface area contributed by atoms with Crippen molar-refractivity contribution >= 4 is 46.4 Å². The quantitative estimate of drug-likeness (QED) is 0.367. The Balaban J connectivity index is 3.10. The molecule has 0 saturated heterocycles. The summed E-state index contributed by atoms with van der Waals surface area (Å²) in [5.41, 5.74) is -0.887. The molecule has 32 heavy (non-hydrogen) atoms. The Bertz CT molecular complexity index is 1130. The molecule has 0 aliphatic rings. The summed E-state index contributed by atoms with van der Waals surface area (Å²) in [6, 6.07) is 2.49. The molecule has 11 nitrogen and oxygen atoms in total. The van der Waals surface area contributed by atoms with Crippen LogP contribution >= 0.6 is 0 Å². The number of hydrogen-bond donors (Lipinski definition) is 0. The van der Waals surface area contributed by atoms with Gasteiger partial charge in [-0.05, 0) is 19.1 Å². The van der Waals surface area contributed by atoms with Gasteiger partial charge in [0.05, 0.1) is 57.3 Å². The molecule has 1 aromatic heterocycles. The van der Waals surface area contributed by atoms with Gasteiger partial charge in [0.1, 0.15) is 0 Å². The zero-order valence-corrected chi connectivity index (χ0v) is 18.0. The zero-order chi connectivity index (χ0) is 24.0. The van der Waals surface area contributed by atoms with E-state index in [4.69, 9.17) is 18.9 Å². The van der Waals surface area contributed by atoms with Gasteiger partial charge in [0.25, 0.3) is 0 Å². The van der Waals surface area contributed by atoms with Crippen molar-refractivity contribution in [2.75, 3.05) is 35.0 Å². The second kappa shape index (κ2) is 10.2. The fourth-order valence-corrected chi connectivity index (χ4v) is 3.02. The third kappa shape index (κ3) is 4.46. The molecule has 0 fully saturated rings. The van der Waals surface area contributed by atoms with Crippen LogP contribution in [0.1, 0.15) is 33.2 Å². The van der Waals surface area contributed by atoms with E-state index in [0.29, 0.717) is 0 Å². The van der Waals surface area contributed by atoms with Gasteiger partial charge in [-0.25, -0.2) is 24.0 Å². The number of carbonyl (C=O) groups excluding carboxylic acids is 5. The number of rotatable bonds is 6. The number of benzene rings is 1. The number of carbonyl (C=O) groups is 5. The Hall–Kier alpha value is -4.15. The lowest BCUT2D eigenvalue weighted by Crippen LogP contribution is -2.18. The Labute approximate surface area is 182 Å². The van der Waals surface area contributed by atoms with Crippen LogP contribution in [-0.4, -0.2) is 69.6 Å². The molecule has 170 valence electrons. The average molecular weight is 447 g/mol. The van der Waals surface area contributed by atoms with E-state index in [1.807, 2.05) is 0 Å². The van der Waals surface area contributed by atoms with Crippen molar-refractivity contribution in [1.29, 1.82) is 0 Å². The second-order valence-electron chi connectivity index (χ2n) is 6.05. The first-order valence-corrected chi connectivity index (χ1v) is 9.15. The van der Waals surface area contributed by atoms with E-state index in [1.54, 1.807) is 6.92 Å². The van der Waals surface area contributed by atoms with Crippen LogP contribution in [-0.2, 0) is 33.3 Å². The molecule has 0 N–H and O–H groups in total. The molecule has 0 saturated carbocycles. The minimum absolute atomic E-state index is 0.00273. The van der Waals surface area contributed by atoms with Crippen molar-refractivity contribution in [2.45, 2.75) is 6.92 Å². The van der Waals surface area contributed by atoms with E-state index in [1.165, 1.54) is 12.3 Å². The SMILES string of the molecule is CCOC(=O)n1ccc2c(C(=O)OC)c(C(=O)OC)cc(C(=CC(=O)OC)C(=O)OC)c21. The van der Waals surface area contributed by atoms with Crippen LogP contribution in [0.25, 0.3) is 16.5 Å².